The molecule has 0 spiro atoms. The lowest BCUT2D eigenvalue weighted by atomic mass is 9.81. The van der Waals surface area contributed by atoms with Crippen molar-refractivity contribution in [3.8, 4) is 11.1 Å². The first-order valence-electron chi connectivity index (χ1n) is 10.2. The van der Waals surface area contributed by atoms with E-state index in [1.54, 1.807) is 25.6 Å². The summed E-state index contributed by atoms with van der Waals surface area (Å²) in [6.45, 7) is 3.81. The van der Waals surface area contributed by atoms with Crippen LogP contribution in [-0.4, -0.2) is 29.2 Å². The van der Waals surface area contributed by atoms with Crippen molar-refractivity contribution in [2.24, 2.45) is 11.8 Å². The molecule has 0 N–H and O–H groups in total. The van der Waals surface area contributed by atoms with Gasteiger partial charge in [0.15, 0.2) is 0 Å². The average molecular weight is 459 g/mol. The van der Waals surface area contributed by atoms with Gasteiger partial charge in [-0.1, -0.05) is 63.9 Å². The van der Waals surface area contributed by atoms with Crippen molar-refractivity contribution in [3.63, 3.8) is 0 Å². The molecule has 1 aliphatic carbocycles. The number of nitrogens with zero attached hydrogens (tertiary/aromatic N) is 2. The van der Waals surface area contributed by atoms with Crippen LogP contribution in [-0.2, 0) is 19.9 Å². The van der Waals surface area contributed by atoms with E-state index in [4.69, 9.17) is 12.2 Å². The van der Waals surface area contributed by atoms with Gasteiger partial charge in [-0.25, -0.2) is 0 Å². The average Bonchev–Trinajstić information content (AvgIpc) is 3.23. The molecule has 30 heavy (non-hydrogen) atoms. The first-order chi connectivity index (χ1) is 14.3. The summed E-state index contributed by atoms with van der Waals surface area (Å²) in [5.74, 6) is -1.06. The topological polar surface area (TPSA) is 57.7 Å². The van der Waals surface area contributed by atoms with Crippen LogP contribution in [0.3, 0.4) is 0 Å². The number of hydrogen-bond acceptors (Lipinski definition) is 6. The summed E-state index contributed by atoms with van der Waals surface area (Å²) in [4.78, 5) is 43.4. The molecule has 1 saturated carbocycles. The SMILES string of the molecule is CC1(C)c2ssc(=S)c2-c2ccccc2N1C(=O)CN1C(=O)C2CCCCC2C1=O. The van der Waals surface area contributed by atoms with Gasteiger partial charge in [0.1, 0.15) is 10.4 Å². The van der Waals surface area contributed by atoms with Crippen molar-refractivity contribution in [3.05, 3.63) is 33.0 Å². The first-order valence-corrected chi connectivity index (χ1v) is 12.8. The smallest absolute Gasteiger partial charge is 0.247 e. The summed E-state index contributed by atoms with van der Waals surface area (Å²) in [7, 11) is 3.15. The van der Waals surface area contributed by atoms with E-state index < -0.39 is 5.54 Å². The Hall–Kier alpha value is -1.90. The summed E-state index contributed by atoms with van der Waals surface area (Å²) in [5, 5.41) is 0. The molecule has 8 heteroatoms. The second kappa shape index (κ2) is 7.07. The highest BCUT2D eigenvalue weighted by atomic mass is 32.9. The Labute approximate surface area is 187 Å². The van der Waals surface area contributed by atoms with Crippen LogP contribution in [0.5, 0.6) is 0 Å². The maximum atomic E-state index is 13.6. The number of carbonyl (C=O) groups is 3. The molecular formula is C22H22N2O3S3. The summed E-state index contributed by atoms with van der Waals surface area (Å²) < 4.78 is 0.830. The fraction of sp³-hybridized carbons (Fsp3) is 0.455. The van der Waals surface area contributed by atoms with Crippen LogP contribution in [0.1, 0.15) is 44.4 Å². The molecular weight excluding hydrogens is 436 g/mol. The normalized spacial score (nSPS) is 24.5. The van der Waals surface area contributed by atoms with Crippen molar-refractivity contribution in [1.82, 2.24) is 4.90 Å². The minimum atomic E-state index is -0.614. The fourth-order valence-electron chi connectivity index (χ4n) is 5.22. The van der Waals surface area contributed by atoms with Gasteiger partial charge in [-0.3, -0.25) is 24.2 Å². The summed E-state index contributed by atoms with van der Waals surface area (Å²) in [5.41, 5.74) is 2.14. The quantitative estimate of drug-likeness (QED) is 0.362. The number of likely N-dealkylation sites (tertiary alicyclic amines) is 1. The molecule has 2 fully saturated rings. The third-order valence-corrected chi connectivity index (χ3v) is 9.97. The van der Waals surface area contributed by atoms with Gasteiger partial charge in [-0.05, 0) is 32.8 Å². The maximum Gasteiger partial charge on any atom is 0.247 e. The van der Waals surface area contributed by atoms with Crippen LogP contribution in [0.15, 0.2) is 24.3 Å². The lowest BCUT2D eigenvalue weighted by molar-refractivity contribution is -0.143. The number of fused-ring (bicyclic) bond motifs is 4. The number of carbonyl (C=O) groups excluding carboxylic acids is 3. The Kier molecular flexibility index (Phi) is 4.72. The molecule has 3 heterocycles. The van der Waals surface area contributed by atoms with Gasteiger partial charge in [0.2, 0.25) is 17.7 Å². The molecule has 1 saturated heterocycles. The highest BCUT2D eigenvalue weighted by Crippen LogP contribution is 2.52. The van der Waals surface area contributed by atoms with E-state index in [1.807, 2.05) is 38.1 Å². The van der Waals surface area contributed by atoms with Crippen LogP contribution in [0.25, 0.3) is 11.1 Å². The maximum absolute atomic E-state index is 13.6. The second-order valence-electron chi connectivity index (χ2n) is 8.72. The molecule has 2 aromatic rings. The first kappa shape index (κ1) is 20.0. The third kappa shape index (κ3) is 2.77. The van der Waals surface area contributed by atoms with Crippen molar-refractivity contribution >= 4 is 56.3 Å². The Morgan fingerprint density at radius 2 is 1.73 bits per heavy atom. The lowest BCUT2D eigenvalue weighted by Gasteiger charge is -2.43. The minimum Gasteiger partial charge on any atom is -0.300 e. The number of hydrogen-bond donors (Lipinski definition) is 0. The van der Waals surface area contributed by atoms with Crippen molar-refractivity contribution in [1.29, 1.82) is 0 Å². The van der Waals surface area contributed by atoms with Crippen LogP contribution >= 0.6 is 32.9 Å². The minimum absolute atomic E-state index is 0.173. The van der Waals surface area contributed by atoms with Gasteiger partial charge < -0.3 is 0 Å². The predicted octanol–water partition coefficient (Wildman–Crippen LogP) is 4.96. The van der Waals surface area contributed by atoms with E-state index in [1.165, 1.54) is 4.90 Å². The zero-order valence-electron chi connectivity index (χ0n) is 16.8. The van der Waals surface area contributed by atoms with Crippen LogP contribution < -0.4 is 4.90 Å². The monoisotopic (exact) mass is 458 g/mol. The number of amides is 3. The molecule has 3 aliphatic rings. The molecule has 1 aromatic carbocycles. The van der Waals surface area contributed by atoms with Gasteiger partial charge >= 0.3 is 0 Å². The zero-order chi connectivity index (χ0) is 21.2. The number of rotatable bonds is 2. The van der Waals surface area contributed by atoms with E-state index in [2.05, 4.69) is 0 Å². The van der Waals surface area contributed by atoms with E-state index in [-0.39, 0.29) is 36.1 Å². The lowest BCUT2D eigenvalue weighted by Crippen LogP contribution is -2.52. The highest BCUT2D eigenvalue weighted by Gasteiger charge is 2.50. The van der Waals surface area contributed by atoms with Crippen LogP contribution in [0.4, 0.5) is 5.69 Å². The van der Waals surface area contributed by atoms with Crippen molar-refractivity contribution < 1.29 is 14.4 Å². The molecule has 2 unspecified atom stereocenters. The molecule has 5 rings (SSSR count). The third-order valence-electron chi connectivity index (χ3n) is 6.64. The summed E-state index contributed by atoms with van der Waals surface area (Å²) in [6, 6.07) is 7.75. The van der Waals surface area contributed by atoms with Crippen LogP contribution in [0, 0.1) is 15.7 Å². The Bertz CT molecular complexity index is 1110. The number of imide groups is 1. The molecule has 156 valence electrons. The second-order valence-corrected chi connectivity index (χ2v) is 11.5. The molecule has 2 atom stereocenters. The van der Waals surface area contributed by atoms with Gasteiger partial charge in [0, 0.05) is 11.1 Å². The Balaban J connectivity index is 1.52. The molecule has 2 aliphatic heterocycles. The van der Waals surface area contributed by atoms with Crippen molar-refractivity contribution in [2.45, 2.75) is 45.1 Å². The Morgan fingerprint density at radius 1 is 1.10 bits per heavy atom. The summed E-state index contributed by atoms with van der Waals surface area (Å²) >= 11 is 5.59. The molecule has 0 radical (unpaired) electrons. The van der Waals surface area contributed by atoms with Crippen LogP contribution in [0.2, 0.25) is 0 Å². The van der Waals surface area contributed by atoms with Gasteiger partial charge in [-0.15, -0.1) is 0 Å². The van der Waals surface area contributed by atoms with Crippen molar-refractivity contribution in [2.75, 3.05) is 11.4 Å². The largest absolute Gasteiger partial charge is 0.300 e. The van der Waals surface area contributed by atoms with E-state index in [0.29, 0.717) is 0 Å². The standard InChI is InChI=1S/C22H22N2O3S3/c1-22(2)18-17(21(28)30-29-18)14-9-5-6-10-15(14)24(22)16(25)11-23-19(26)12-7-3-4-8-13(12)20(23)27/h5-6,9-10,12-13H,3-4,7-8,11H2,1-2H3. The molecule has 0 bridgehead atoms. The molecule has 1 aromatic heterocycles. The number of benzene rings is 1. The highest BCUT2D eigenvalue weighted by molar-refractivity contribution is 7.80. The van der Waals surface area contributed by atoms with Gasteiger partial charge in [-0.2, -0.15) is 0 Å². The zero-order valence-corrected chi connectivity index (χ0v) is 19.3. The van der Waals surface area contributed by atoms with E-state index in [0.717, 1.165) is 51.2 Å². The molecule has 3 amide bonds. The summed E-state index contributed by atoms with van der Waals surface area (Å²) in [6.07, 6.45) is 3.44. The van der Waals surface area contributed by atoms with Gasteiger partial charge in [0.25, 0.3) is 0 Å². The van der Waals surface area contributed by atoms with Gasteiger partial charge in [0.05, 0.1) is 27.9 Å². The fourth-order valence-corrected chi connectivity index (χ4v) is 8.50. The number of para-hydroxylation sites is 1. The predicted molar refractivity (Wildman–Crippen MR) is 121 cm³/mol. The van der Waals surface area contributed by atoms with E-state index >= 15 is 0 Å². The Morgan fingerprint density at radius 3 is 2.40 bits per heavy atom. The number of anilines is 1. The van der Waals surface area contributed by atoms with E-state index in [9.17, 15) is 14.4 Å². The molecule has 5 nitrogen and oxygen atoms in total.